The van der Waals surface area contributed by atoms with Crippen LogP contribution in [0.4, 0.5) is 10.5 Å². The summed E-state index contributed by atoms with van der Waals surface area (Å²) in [5, 5.41) is 5.65. The molecule has 0 saturated carbocycles. The first-order valence-electron chi connectivity index (χ1n) is 14.0. The van der Waals surface area contributed by atoms with Gasteiger partial charge < -0.3 is 20.3 Å². The van der Waals surface area contributed by atoms with E-state index >= 15 is 0 Å². The average Bonchev–Trinajstić information content (AvgIpc) is 3.05. The number of ether oxygens (including phenoxy) is 1. The molecule has 3 amide bonds. The lowest BCUT2D eigenvalue weighted by atomic mass is 10.1. The number of anilines is 1. The average molecular weight is 600 g/mol. The molecular weight excluding hydrogens is 566 g/mol. The number of sulfonamides is 1. The molecule has 4 aromatic rings. The second-order valence-corrected chi connectivity index (χ2v) is 11.8. The number of pyridine rings is 1. The highest BCUT2D eigenvalue weighted by molar-refractivity contribution is 7.89. The molecule has 0 spiro atoms. The zero-order chi connectivity index (χ0) is 30.2. The number of nitrogens with one attached hydrogen (secondary N) is 2. The highest BCUT2D eigenvalue weighted by Gasteiger charge is 2.41. The zero-order valence-corrected chi connectivity index (χ0v) is 24.5. The van der Waals surface area contributed by atoms with Crippen LogP contribution in [0.1, 0.15) is 12.5 Å². The van der Waals surface area contributed by atoms with Gasteiger partial charge >= 0.3 is 6.03 Å². The Labute approximate surface area is 251 Å². The molecule has 11 heteroatoms. The number of carbonyl (C=O) groups is 2. The Balaban J connectivity index is 1.35. The summed E-state index contributed by atoms with van der Waals surface area (Å²) in [6.45, 7) is 2.52. The number of hydrogen-bond acceptors (Lipinski definition) is 6. The summed E-state index contributed by atoms with van der Waals surface area (Å²) in [4.78, 5) is 32.3. The molecule has 1 aliphatic heterocycles. The molecule has 1 fully saturated rings. The summed E-state index contributed by atoms with van der Waals surface area (Å²) >= 11 is 0. The van der Waals surface area contributed by atoms with E-state index in [4.69, 9.17) is 4.74 Å². The van der Waals surface area contributed by atoms with Crippen LogP contribution in [0.3, 0.4) is 0 Å². The molecule has 10 nitrogen and oxygen atoms in total. The van der Waals surface area contributed by atoms with E-state index in [1.807, 2.05) is 43.3 Å². The topological polar surface area (TPSA) is 121 Å². The van der Waals surface area contributed by atoms with Gasteiger partial charge in [0.25, 0.3) is 0 Å². The minimum absolute atomic E-state index is 0.0511. The Morgan fingerprint density at radius 2 is 1.63 bits per heavy atom. The van der Waals surface area contributed by atoms with E-state index in [0.717, 1.165) is 16.7 Å². The highest BCUT2D eigenvalue weighted by atomic mass is 32.2. The Hall–Kier alpha value is -4.74. The maximum atomic E-state index is 13.9. The van der Waals surface area contributed by atoms with Crippen molar-refractivity contribution in [2.75, 3.05) is 31.6 Å². The summed E-state index contributed by atoms with van der Waals surface area (Å²) in [6.07, 6.45) is 3.26. The molecule has 5 rings (SSSR count). The van der Waals surface area contributed by atoms with Crippen molar-refractivity contribution in [2.24, 2.45) is 0 Å². The van der Waals surface area contributed by atoms with Gasteiger partial charge in [0.15, 0.2) is 0 Å². The predicted molar refractivity (Wildman–Crippen MR) is 164 cm³/mol. The van der Waals surface area contributed by atoms with E-state index < -0.39 is 28.0 Å². The van der Waals surface area contributed by atoms with Crippen LogP contribution in [0.15, 0.2) is 108 Å². The smallest absolute Gasteiger partial charge is 0.321 e. The van der Waals surface area contributed by atoms with Gasteiger partial charge in [-0.1, -0.05) is 48.5 Å². The van der Waals surface area contributed by atoms with Crippen LogP contribution < -0.4 is 15.4 Å². The fraction of sp³-hybridized carbons (Fsp3) is 0.219. The number of nitrogens with zero attached hydrogens (tertiary/aromatic N) is 3. The SMILES string of the molecule is CCOc1ccc(NC(=O)N2CCN(S(=O)(=O)c3ccc(-c4ccccc4)cc3)C(C(=O)NCc3cccnc3)C2)cc1. The quantitative estimate of drug-likeness (QED) is 0.295. The van der Waals surface area contributed by atoms with E-state index in [-0.39, 0.29) is 31.1 Å². The summed E-state index contributed by atoms with van der Waals surface area (Å²) in [5.41, 5.74) is 3.16. The number of hydrogen-bond donors (Lipinski definition) is 2. The first-order chi connectivity index (χ1) is 20.8. The van der Waals surface area contributed by atoms with Crippen molar-refractivity contribution in [3.8, 4) is 16.9 Å². The fourth-order valence-corrected chi connectivity index (χ4v) is 6.42. The standard InChI is InChI=1S/C32H33N5O5S/c1-2-42-28-14-12-27(13-15-28)35-32(39)36-19-20-37(30(23-36)31(38)34-22-24-7-6-18-33-21-24)43(40,41)29-16-10-26(11-17-29)25-8-4-3-5-9-25/h3-18,21,30H,2,19-20,22-23H2,1H3,(H,34,38)(H,35,39). The van der Waals surface area contributed by atoms with Gasteiger partial charge in [0, 0.05) is 44.3 Å². The summed E-state index contributed by atoms with van der Waals surface area (Å²) in [7, 11) is -4.07. The van der Waals surface area contributed by atoms with E-state index in [2.05, 4.69) is 15.6 Å². The van der Waals surface area contributed by atoms with Crippen LogP contribution in [-0.2, 0) is 21.4 Å². The molecule has 0 aliphatic carbocycles. The maximum absolute atomic E-state index is 13.9. The fourth-order valence-electron chi connectivity index (χ4n) is 4.85. The molecule has 222 valence electrons. The third-order valence-corrected chi connectivity index (χ3v) is 9.02. The van der Waals surface area contributed by atoms with Gasteiger partial charge in [0.2, 0.25) is 15.9 Å². The van der Waals surface area contributed by atoms with Crippen molar-refractivity contribution in [2.45, 2.75) is 24.4 Å². The molecule has 1 aliphatic rings. The van der Waals surface area contributed by atoms with Gasteiger partial charge in [-0.25, -0.2) is 13.2 Å². The van der Waals surface area contributed by atoms with Crippen molar-refractivity contribution in [1.29, 1.82) is 0 Å². The Morgan fingerprint density at radius 1 is 0.907 bits per heavy atom. The molecule has 1 saturated heterocycles. The Bertz CT molecular complexity index is 1630. The summed E-state index contributed by atoms with van der Waals surface area (Å²) in [5.74, 6) is 0.174. The molecule has 43 heavy (non-hydrogen) atoms. The number of rotatable bonds is 9. The first kappa shape index (κ1) is 29.7. The van der Waals surface area contributed by atoms with Crippen molar-refractivity contribution >= 4 is 27.6 Å². The van der Waals surface area contributed by atoms with E-state index in [1.165, 1.54) is 9.21 Å². The van der Waals surface area contributed by atoms with E-state index in [9.17, 15) is 18.0 Å². The third-order valence-electron chi connectivity index (χ3n) is 7.10. The minimum Gasteiger partial charge on any atom is -0.494 e. The lowest BCUT2D eigenvalue weighted by Crippen LogP contribution is -2.61. The molecule has 1 unspecified atom stereocenters. The minimum atomic E-state index is -4.07. The van der Waals surface area contributed by atoms with Crippen molar-refractivity contribution in [3.63, 3.8) is 0 Å². The number of amides is 3. The lowest BCUT2D eigenvalue weighted by Gasteiger charge is -2.39. The largest absolute Gasteiger partial charge is 0.494 e. The van der Waals surface area contributed by atoms with Crippen LogP contribution in [-0.4, -0.2) is 66.8 Å². The maximum Gasteiger partial charge on any atom is 0.321 e. The van der Waals surface area contributed by atoms with E-state index in [0.29, 0.717) is 18.0 Å². The van der Waals surface area contributed by atoms with Crippen LogP contribution in [0, 0.1) is 0 Å². The first-order valence-corrected chi connectivity index (χ1v) is 15.4. The van der Waals surface area contributed by atoms with Crippen molar-refractivity contribution < 1.29 is 22.7 Å². The Morgan fingerprint density at radius 3 is 2.30 bits per heavy atom. The van der Waals surface area contributed by atoms with Gasteiger partial charge in [-0.05, 0) is 66.1 Å². The number of carbonyl (C=O) groups excluding carboxylic acids is 2. The van der Waals surface area contributed by atoms with Crippen LogP contribution in [0.5, 0.6) is 5.75 Å². The normalized spacial score (nSPS) is 15.5. The molecule has 1 atom stereocenters. The zero-order valence-electron chi connectivity index (χ0n) is 23.7. The summed E-state index contributed by atoms with van der Waals surface area (Å²) in [6, 6.07) is 25.2. The Kier molecular flexibility index (Phi) is 9.33. The second kappa shape index (κ2) is 13.5. The molecule has 2 heterocycles. The highest BCUT2D eigenvalue weighted by Crippen LogP contribution is 2.26. The van der Waals surface area contributed by atoms with Crippen LogP contribution >= 0.6 is 0 Å². The number of benzene rings is 3. The molecule has 0 bridgehead atoms. The van der Waals surface area contributed by atoms with Crippen LogP contribution in [0.25, 0.3) is 11.1 Å². The number of urea groups is 1. The lowest BCUT2D eigenvalue weighted by molar-refractivity contribution is -0.126. The van der Waals surface area contributed by atoms with Gasteiger partial charge in [-0.3, -0.25) is 9.78 Å². The third kappa shape index (κ3) is 7.19. The van der Waals surface area contributed by atoms with Crippen molar-refractivity contribution in [1.82, 2.24) is 19.5 Å². The van der Waals surface area contributed by atoms with E-state index in [1.54, 1.807) is 67.0 Å². The van der Waals surface area contributed by atoms with Crippen molar-refractivity contribution in [3.05, 3.63) is 109 Å². The molecule has 1 aromatic heterocycles. The van der Waals surface area contributed by atoms with Gasteiger partial charge in [0.1, 0.15) is 11.8 Å². The monoisotopic (exact) mass is 599 g/mol. The van der Waals surface area contributed by atoms with Crippen LogP contribution in [0.2, 0.25) is 0 Å². The second-order valence-electron chi connectivity index (χ2n) is 9.93. The van der Waals surface area contributed by atoms with Gasteiger partial charge in [0.05, 0.1) is 11.5 Å². The molecule has 3 aromatic carbocycles. The molecule has 0 radical (unpaired) electrons. The number of aromatic nitrogens is 1. The molecular formula is C32H33N5O5S. The van der Waals surface area contributed by atoms with Gasteiger partial charge in [-0.15, -0.1) is 0 Å². The predicted octanol–water partition coefficient (Wildman–Crippen LogP) is 4.37. The molecule has 2 N–H and O–H groups in total. The summed E-state index contributed by atoms with van der Waals surface area (Å²) < 4.78 is 34.4. The number of piperazine rings is 1. The van der Waals surface area contributed by atoms with Gasteiger partial charge in [-0.2, -0.15) is 4.31 Å².